The van der Waals surface area contributed by atoms with Crippen molar-refractivity contribution in [3.63, 3.8) is 0 Å². The summed E-state index contributed by atoms with van der Waals surface area (Å²) in [7, 11) is 0. The quantitative estimate of drug-likeness (QED) is 0.849. The maximum atomic E-state index is 13.9. The number of benzene rings is 1. The maximum absolute atomic E-state index is 13.9. The molecule has 2 N–H and O–H groups in total. The van der Waals surface area contributed by atoms with Gasteiger partial charge in [-0.15, -0.1) is 6.58 Å². The standard InChI is InChI=1S/C15H17F2N3/c1-3-5-13-19-14(15(18)20(13)8-4-2)11-9-10(16)6-7-12(11)17/h4,6-7,9H,2-3,5,8,18H2,1H3. The summed E-state index contributed by atoms with van der Waals surface area (Å²) >= 11 is 0. The molecule has 0 atom stereocenters. The third kappa shape index (κ3) is 2.57. The highest BCUT2D eigenvalue weighted by Crippen LogP contribution is 2.29. The minimum absolute atomic E-state index is 0.0858. The van der Waals surface area contributed by atoms with E-state index < -0.39 is 11.6 Å². The second-order valence-electron chi connectivity index (χ2n) is 4.54. The third-order valence-electron chi connectivity index (χ3n) is 3.05. The second kappa shape index (κ2) is 5.86. The Morgan fingerprint density at radius 3 is 2.80 bits per heavy atom. The first-order valence-electron chi connectivity index (χ1n) is 6.49. The zero-order valence-corrected chi connectivity index (χ0v) is 11.4. The smallest absolute Gasteiger partial charge is 0.132 e. The van der Waals surface area contributed by atoms with Crippen molar-refractivity contribution in [2.45, 2.75) is 26.3 Å². The molecule has 5 heteroatoms. The highest BCUT2D eigenvalue weighted by atomic mass is 19.1. The van der Waals surface area contributed by atoms with Crippen LogP contribution < -0.4 is 5.73 Å². The molecule has 0 spiro atoms. The van der Waals surface area contributed by atoms with Crippen molar-refractivity contribution in [3.8, 4) is 11.3 Å². The van der Waals surface area contributed by atoms with Crippen LogP contribution in [0.4, 0.5) is 14.6 Å². The zero-order chi connectivity index (χ0) is 14.7. The van der Waals surface area contributed by atoms with Crippen LogP contribution in [0.5, 0.6) is 0 Å². The fraction of sp³-hybridized carbons (Fsp3) is 0.267. The van der Waals surface area contributed by atoms with Gasteiger partial charge in [0.2, 0.25) is 0 Å². The minimum atomic E-state index is -0.538. The summed E-state index contributed by atoms with van der Waals surface area (Å²) in [5, 5.41) is 0. The molecule has 0 amide bonds. The van der Waals surface area contributed by atoms with Gasteiger partial charge in [0, 0.05) is 18.5 Å². The van der Waals surface area contributed by atoms with E-state index >= 15 is 0 Å². The Balaban J connectivity index is 2.59. The largest absolute Gasteiger partial charge is 0.383 e. The molecule has 0 saturated heterocycles. The first kappa shape index (κ1) is 14.2. The Kier molecular flexibility index (Phi) is 4.17. The number of anilines is 1. The third-order valence-corrected chi connectivity index (χ3v) is 3.05. The van der Waals surface area contributed by atoms with Crippen molar-refractivity contribution in [2.24, 2.45) is 0 Å². The molecule has 1 aromatic carbocycles. The number of nitrogens with two attached hydrogens (primary N) is 1. The molecule has 1 aromatic heterocycles. The lowest BCUT2D eigenvalue weighted by molar-refractivity contribution is 0.603. The van der Waals surface area contributed by atoms with E-state index in [1.165, 1.54) is 0 Å². The predicted octanol–water partition coefficient (Wildman–Crippen LogP) is 3.55. The molecule has 0 fully saturated rings. The Morgan fingerprint density at radius 1 is 1.40 bits per heavy atom. The first-order chi connectivity index (χ1) is 9.58. The van der Waals surface area contributed by atoms with Gasteiger partial charge in [-0.05, 0) is 24.6 Å². The Morgan fingerprint density at radius 2 is 2.15 bits per heavy atom. The molecule has 0 aliphatic rings. The maximum Gasteiger partial charge on any atom is 0.132 e. The summed E-state index contributed by atoms with van der Waals surface area (Å²) in [5.74, 6) is 0.0296. The lowest BCUT2D eigenvalue weighted by Crippen LogP contribution is -2.05. The molecular weight excluding hydrogens is 260 g/mol. The fourth-order valence-electron chi connectivity index (χ4n) is 2.14. The summed E-state index contributed by atoms with van der Waals surface area (Å²) in [5.41, 5.74) is 6.41. The molecular formula is C15H17F2N3. The number of hydrogen-bond donors (Lipinski definition) is 1. The van der Waals surface area contributed by atoms with E-state index in [0.717, 1.165) is 36.9 Å². The average molecular weight is 277 g/mol. The number of allylic oxidation sites excluding steroid dienone is 1. The lowest BCUT2D eigenvalue weighted by Gasteiger charge is -2.06. The molecule has 0 aliphatic heterocycles. The normalized spacial score (nSPS) is 10.8. The van der Waals surface area contributed by atoms with E-state index in [2.05, 4.69) is 11.6 Å². The highest BCUT2D eigenvalue weighted by molar-refractivity contribution is 5.71. The Hall–Kier alpha value is -2.17. The van der Waals surface area contributed by atoms with Crippen LogP contribution in [0.25, 0.3) is 11.3 Å². The summed E-state index contributed by atoms with van der Waals surface area (Å²) in [6.45, 7) is 6.18. The van der Waals surface area contributed by atoms with Gasteiger partial charge in [0.05, 0.1) is 0 Å². The van der Waals surface area contributed by atoms with Gasteiger partial charge in [-0.2, -0.15) is 0 Å². The summed E-state index contributed by atoms with van der Waals surface area (Å²) in [4.78, 5) is 4.37. The molecule has 106 valence electrons. The number of aromatic nitrogens is 2. The van der Waals surface area contributed by atoms with Crippen molar-refractivity contribution in [2.75, 3.05) is 5.73 Å². The van der Waals surface area contributed by atoms with E-state index in [1.54, 1.807) is 10.6 Å². The van der Waals surface area contributed by atoms with Crippen LogP contribution in [0.2, 0.25) is 0 Å². The van der Waals surface area contributed by atoms with E-state index in [-0.39, 0.29) is 11.3 Å². The van der Waals surface area contributed by atoms with Crippen molar-refractivity contribution >= 4 is 5.82 Å². The van der Waals surface area contributed by atoms with Crippen LogP contribution in [0.3, 0.4) is 0 Å². The number of imidazole rings is 1. The van der Waals surface area contributed by atoms with Gasteiger partial charge >= 0.3 is 0 Å². The van der Waals surface area contributed by atoms with E-state index in [0.29, 0.717) is 12.4 Å². The second-order valence-corrected chi connectivity index (χ2v) is 4.54. The molecule has 0 aliphatic carbocycles. The monoisotopic (exact) mass is 277 g/mol. The Labute approximate surface area is 116 Å². The van der Waals surface area contributed by atoms with Gasteiger partial charge in [-0.25, -0.2) is 13.8 Å². The molecule has 2 rings (SSSR count). The first-order valence-corrected chi connectivity index (χ1v) is 6.49. The zero-order valence-electron chi connectivity index (χ0n) is 11.4. The van der Waals surface area contributed by atoms with Crippen LogP contribution in [0.1, 0.15) is 19.2 Å². The number of nitrogen functional groups attached to an aromatic ring is 1. The van der Waals surface area contributed by atoms with Crippen molar-refractivity contribution in [1.29, 1.82) is 0 Å². The van der Waals surface area contributed by atoms with Crippen molar-refractivity contribution < 1.29 is 8.78 Å². The number of hydrogen-bond acceptors (Lipinski definition) is 2. The molecule has 20 heavy (non-hydrogen) atoms. The predicted molar refractivity (Wildman–Crippen MR) is 76.2 cm³/mol. The fourth-order valence-corrected chi connectivity index (χ4v) is 2.14. The number of nitrogens with zero attached hydrogens (tertiary/aromatic N) is 2. The van der Waals surface area contributed by atoms with E-state index in [9.17, 15) is 8.78 Å². The van der Waals surface area contributed by atoms with Crippen LogP contribution in [-0.2, 0) is 13.0 Å². The van der Waals surface area contributed by atoms with Gasteiger partial charge in [0.1, 0.15) is 29.0 Å². The van der Waals surface area contributed by atoms with Crippen LogP contribution >= 0.6 is 0 Å². The molecule has 0 radical (unpaired) electrons. The molecule has 0 unspecified atom stereocenters. The molecule has 3 nitrogen and oxygen atoms in total. The van der Waals surface area contributed by atoms with Gasteiger partial charge in [-0.1, -0.05) is 13.0 Å². The van der Waals surface area contributed by atoms with E-state index in [1.807, 2.05) is 6.92 Å². The van der Waals surface area contributed by atoms with Crippen LogP contribution in [0.15, 0.2) is 30.9 Å². The van der Waals surface area contributed by atoms with E-state index in [4.69, 9.17) is 5.73 Å². The van der Waals surface area contributed by atoms with Gasteiger partial charge < -0.3 is 10.3 Å². The van der Waals surface area contributed by atoms with Gasteiger partial charge in [-0.3, -0.25) is 0 Å². The van der Waals surface area contributed by atoms with Crippen LogP contribution in [-0.4, -0.2) is 9.55 Å². The molecule has 1 heterocycles. The number of aryl methyl sites for hydroxylation is 1. The topological polar surface area (TPSA) is 43.8 Å². The summed E-state index contributed by atoms with van der Waals surface area (Å²) in [6.07, 6.45) is 3.30. The minimum Gasteiger partial charge on any atom is -0.383 e. The molecule has 0 saturated carbocycles. The molecule has 2 aromatic rings. The highest BCUT2D eigenvalue weighted by Gasteiger charge is 2.18. The average Bonchev–Trinajstić information content (AvgIpc) is 2.71. The Bertz CT molecular complexity index is 632. The summed E-state index contributed by atoms with van der Waals surface area (Å²) in [6, 6.07) is 3.26. The summed E-state index contributed by atoms with van der Waals surface area (Å²) < 4.78 is 28.9. The van der Waals surface area contributed by atoms with Gasteiger partial charge in [0.25, 0.3) is 0 Å². The SMILES string of the molecule is C=CCn1c(CCC)nc(-c2cc(F)ccc2F)c1N. The van der Waals surface area contributed by atoms with Crippen molar-refractivity contribution in [3.05, 3.63) is 48.3 Å². The number of halogens is 2. The number of rotatable bonds is 5. The van der Waals surface area contributed by atoms with Gasteiger partial charge in [0.15, 0.2) is 0 Å². The van der Waals surface area contributed by atoms with Crippen molar-refractivity contribution in [1.82, 2.24) is 9.55 Å². The lowest BCUT2D eigenvalue weighted by atomic mass is 10.1. The van der Waals surface area contributed by atoms with Crippen LogP contribution in [0, 0.1) is 11.6 Å². The molecule has 0 bridgehead atoms.